The minimum Gasteiger partial charge on any atom is -0.468 e. The van der Waals surface area contributed by atoms with Crippen molar-refractivity contribution in [1.29, 1.82) is 0 Å². The Morgan fingerprint density at radius 3 is 2.85 bits per heavy atom. The van der Waals surface area contributed by atoms with E-state index in [0.717, 1.165) is 18.8 Å². The lowest BCUT2D eigenvalue weighted by Gasteiger charge is -2.23. The summed E-state index contributed by atoms with van der Waals surface area (Å²) in [7, 11) is 0. The van der Waals surface area contributed by atoms with E-state index in [4.69, 9.17) is 4.42 Å². The summed E-state index contributed by atoms with van der Waals surface area (Å²) in [5.41, 5.74) is 1.85. The Morgan fingerprint density at radius 2 is 2.10 bits per heavy atom. The first-order chi connectivity index (χ1) is 9.46. The molecule has 0 amide bonds. The highest BCUT2D eigenvalue weighted by atomic mass is 16.3. The van der Waals surface area contributed by atoms with Gasteiger partial charge in [-0.25, -0.2) is 0 Å². The SMILES string of the molecule is CC(C)NCc1occc1CN1CCCC(C)(C)CC1. The summed E-state index contributed by atoms with van der Waals surface area (Å²) >= 11 is 0. The van der Waals surface area contributed by atoms with Crippen LogP contribution in [0.4, 0.5) is 0 Å². The molecule has 3 heteroatoms. The van der Waals surface area contributed by atoms with Crippen LogP contribution < -0.4 is 5.32 Å². The van der Waals surface area contributed by atoms with Gasteiger partial charge in [0, 0.05) is 18.2 Å². The van der Waals surface area contributed by atoms with E-state index in [1.165, 1.54) is 37.9 Å². The second-order valence-corrected chi connectivity index (χ2v) is 7.20. The molecule has 1 aliphatic heterocycles. The van der Waals surface area contributed by atoms with Crippen LogP contribution in [0.3, 0.4) is 0 Å². The van der Waals surface area contributed by atoms with Crippen LogP contribution in [0.15, 0.2) is 16.7 Å². The number of hydrogen-bond donors (Lipinski definition) is 1. The van der Waals surface area contributed by atoms with Gasteiger partial charge in [-0.2, -0.15) is 0 Å². The monoisotopic (exact) mass is 278 g/mol. The fourth-order valence-electron chi connectivity index (χ4n) is 2.84. The van der Waals surface area contributed by atoms with Gasteiger partial charge in [-0.05, 0) is 43.8 Å². The molecule has 1 saturated heterocycles. The van der Waals surface area contributed by atoms with Crippen molar-refractivity contribution in [3.63, 3.8) is 0 Å². The molecular formula is C17H30N2O. The van der Waals surface area contributed by atoms with Gasteiger partial charge >= 0.3 is 0 Å². The molecule has 0 atom stereocenters. The van der Waals surface area contributed by atoms with Crippen LogP contribution in [0.1, 0.15) is 58.3 Å². The number of nitrogens with one attached hydrogen (secondary N) is 1. The second kappa shape index (κ2) is 6.77. The molecule has 3 nitrogen and oxygen atoms in total. The molecule has 20 heavy (non-hydrogen) atoms. The minimum atomic E-state index is 0.493. The van der Waals surface area contributed by atoms with E-state index >= 15 is 0 Å². The topological polar surface area (TPSA) is 28.4 Å². The molecule has 0 bridgehead atoms. The second-order valence-electron chi connectivity index (χ2n) is 7.20. The Morgan fingerprint density at radius 1 is 1.30 bits per heavy atom. The molecule has 1 aromatic rings. The molecule has 2 heterocycles. The number of furan rings is 1. The molecule has 0 aromatic carbocycles. The van der Waals surface area contributed by atoms with Crippen molar-refractivity contribution in [2.24, 2.45) is 5.41 Å². The van der Waals surface area contributed by atoms with Gasteiger partial charge in [-0.3, -0.25) is 4.90 Å². The summed E-state index contributed by atoms with van der Waals surface area (Å²) in [5, 5.41) is 3.44. The Balaban J connectivity index is 1.91. The van der Waals surface area contributed by atoms with E-state index in [-0.39, 0.29) is 0 Å². The lowest BCUT2D eigenvalue weighted by Crippen LogP contribution is -2.26. The third kappa shape index (κ3) is 4.64. The zero-order valence-corrected chi connectivity index (χ0v) is 13.5. The summed E-state index contributed by atoms with van der Waals surface area (Å²) < 4.78 is 5.64. The van der Waals surface area contributed by atoms with E-state index in [2.05, 4.69) is 44.0 Å². The van der Waals surface area contributed by atoms with Crippen LogP contribution >= 0.6 is 0 Å². The average molecular weight is 278 g/mol. The lowest BCUT2D eigenvalue weighted by atomic mass is 9.85. The maximum Gasteiger partial charge on any atom is 0.122 e. The van der Waals surface area contributed by atoms with Gasteiger partial charge < -0.3 is 9.73 Å². The molecule has 0 aliphatic carbocycles. The molecule has 114 valence electrons. The first kappa shape index (κ1) is 15.6. The predicted molar refractivity (Wildman–Crippen MR) is 83.6 cm³/mol. The quantitative estimate of drug-likeness (QED) is 0.888. The molecule has 1 aliphatic rings. The molecule has 1 N–H and O–H groups in total. The largest absolute Gasteiger partial charge is 0.468 e. The predicted octanol–water partition coefficient (Wildman–Crippen LogP) is 3.79. The molecular weight excluding hydrogens is 248 g/mol. The fraction of sp³-hybridized carbons (Fsp3) is 0.765. The van der Waals surface area contributed by atoms with Crippen LogP contribution in [-0.4, -0.2) is 24.0 Å². The van der Waals surface area contributed by atoms with Crippen LogP contribution in [0.2, 0.25) is 0 Å². The van der Waals surface area contributed by atoms with Gasteiger partial charge in [0.25, 0.3) is 0 Å². The fourth-order valence-corrected chi connectivity index (χ4v) is 2.84. The van der Waals surface area contributed by atoms with Crippen molar-refractivity contribution < 1.29 is 4.42 Å². The van der Waals surface area contributed by atoms with Crippen LogP contribution in [0.25, 0.3) is 0 Å². The first-order valence-corrected chi connectivity index (χ1v) is 7.97. The molecule has 1 aromatic heterocycles. The van der Waals surface area contributed by atoms with E-state index in [0.29, 0.717) is 11.5 Å². The number of likely N-dealkylation sites (tertiary alicyclic amines) is 1. The summed E-state index contributed by atoms with van der Waals surface area (Å²) in [4.78, 5) is 2.58. The third-order valence-corrected chi connectivity index (χ3v) is 4.34. The zero-order valence-electron chi connectivity index (χ0n) is 13.5. The molecule has 0 radical (unpaired) electrons. The van der Waals surface area contributed by atoms with Crippen molar-refractivity contribution in [2.45, 2.75) is 66.1 Å². The molecule has 0 spiro atoms. The van der Waals surface area contributed by atoms with E-state index in [1.54, 1.807) is 0 Å². The van der Waals surface area contributed by atoms with E-state index < -0.39 is 0 Å². The highest BCUT2D eigenvalue weighted by Gasteiger charge is 2.23. The maximum absolute atomic E-state index is 5.64. The van der Waals surface area contributed by atoms with E-state index in [1.807, 2.05) is 6.26 Å². The van der Waals surface area contributed by atoms with Gasteiger partial charge in [-0.1, -0.05) is 27.7 Å². The average Bonchev–Trinajstić information content (AvgIpc) is 2.72. The van der Waals surface area contributed by atoms with Crippen molar-refractivity contribution in [3.05, 3.63) is 23.7 Å². The summed E-state index contributed by atoms with van der Waals surface area (Å²) in [6.45, 7) is 13.4. The van der Waals surface area contributed by atoms with Crippen molar-refractivity contribution >= 4 is 0 Å². The van der Waals surface area contributed by atoms with Gasteiger partial charge in [0.15, 0.2) is 0 Å². The van der Waals surface area contributed by atoms with Gasteiger partial charge in [0.2, 0.25) is 0 Å². The molecule has 0 saturated carbocycles. The number of nitrogens with zero attached hydrogens (tertiary/aromatic N) is 1. The molecule has 0 unspecified atom stereocenters. The smallest absolute Gasteiger partial charge is 0.122 e. The van der Waals surface area contributed by atoms with E-state index in [9.17, 15) is 0 Å². The Kier molecular flexibility index (Phi) is 5.28. The summed E-state index contributed by atoms with van der Waals surface area (Å²) in [5.74, 6) is 1.10. The van der Waals surface area contributed by atoms with Crippen molar-refractivity contribution in [3.8, 4) is 0 Å². The van der Waals surface area contributed by atoms with Gasteiger partial charge in [-0.15, -0.1) is 0 Å². The summed E-state index contributed by atoms with van der Waals surface area (Å²) in [6.07, 6.45) is 5.78. The minimum absolute atomic E-state index is 0.493. The van der Waals surface area contributed by atoms with Crippen LogP contribution in [0.5, 0.6) is 0 Å². The zero-order chi connectivity index (χ0) is 14.6. The Bertz CT molecular complexity index is 409. The Labute approximate surface area is 123 Å². The van der Waals surface area contributed by atoms with Crippen LogP contribution in [-0.2, 0) is 13.1 Å². The van der Waals surface area contributed by atoms with Gasteiger partial charge in [0.1, 0.15) is 5.76 Å². The number of hydrogen-bond acceptors (Lipinski definition) is 3. The first-order valence-electron chi connectivity index (χ1n) is 7.97. The highest BCUT2D eigenvalue weighted by Crippen LogP contribution is 2.30. The molecule has 2 rings (SSSR count). The van der Waals surface area contributed by atoms with Crippen LogP contribution in [0, 0.1) is 5.41 Å². The summed E-state index contributed by atoms with van der Waals surface area (Å²) in [6, 6.07) is 2.62. The third-order valence-electron chi connectivity index (χ3n) is 4.34. The van der Waals surface area contributed by atoms with Crippen molar-refractivity contribution in [2.75, 3.05) is 13.1 Å². The Hall–Kier alpha value is -0.800. The lowest BCUT2D eigenvalue weighted by molar-refractivity contribution is 0.254. The normalized spacial score (nSPS) is 20.2. The highest BCUT2D eigenvalue weighted by molar-refractivity contribution is 5.17. The standard InChI is InChI=1S/C17H30N2O/c1-14(2)18-12-16-15(6-11-20-16)13-19-9-5-7-17(3,4)8-10-19/h6,11,14,18H,5,7-10,12-13H2,1-4H3. The number of rotatable bonds is 5. The maximum atomic E-state index is 5.64. The molecule has 1 fully saturated rings. The van der Waals surface area contributed by atoms with Crippen molar-refractivity contribution in [1.82, 2.24) is 10.2 Å². The van der Waals surface area contributed by atoms with Gasteiger partial charge in [0.05, 0.1) is 12.8 Å².